The fourth-order valence-electron chi connectivity index (χ4n) is 2.41. The second-order valence-corrected chi connectivity index (χ2v) is 9.00. The van der Waals surface area contributed by atoms with Crippen LogP contribution in [0.5, 0.6) is 0 Å². The number of nitrogens with one attached hydrogen (secondary N) is 1. The molecule has 2 unspecified atom stereocenters. The number of hydrogen-bond acceptors (Lipinski definition) is 2. The molecule has 1 N–H and O–H groups in total. The van der Waals surface area contributed by atoms with Gasteiger partial charge in [-0.2, -0.15) is 0 Å². The molecule has 1 aliphatic carbocycles. The third-order valence-corrected chi connectivity index (χ3v) is 6.25. The summed E-state index contributed by atoms with van der Waals surface area (Å²) < 4.78 is 41.0. The van der Waals surface area contributed by atoms with Gasteiger partial charge in [0.15, 0.2) is 0 Å². The van der Waals surface area contributed by atoms with Gasteiger partial charge in [-0.15, -0.1) is 0 Å². The lowest BCUT2D eigenvalue weighted by atomic mass is 9.89. The second-order valence-electron chi connectivity index (χ2n) is 5.06. The monoisotopic (exact) mass is 427 g/mol. The number of sulfonamides is 1. The molecule has 112 valence electrons. The molecular formula is C13H16Br2FNO2S. The molecule has 0 bridgehead atoms. The minimum Gasteiger partial charge on any atom is -0.211 e. The largest absolute Gasteiger partial charge is 0.243 e. The molecule has 0 spiro atoms. The van der Waals surface area contributed by atoms with E-state index >= 15 is 0 Å². The van der Waals surface area contributed by atoms with E-state index in [1.165, 1.54) is 12.1 Å². The minimum atomic E-state index is -3.79. The SMILES string of the molecule is O=S(=O)(NCC1CCCC(Br)C1)c1ccc(Br)cc1F. The summed E-state index contributed by atoms with van der Waals surface area (Å²) in [7, 11) is -3.79. The molecule has 1 aromatic rings. The average Bonchev–Trinajstić information content (AvgIpc) is 2.36. The highest BCUT2D eigenvalue weighted by atomic mass is 79.9. The maximum atomic E-state index is 13.7. The Morgan fingerprint density at radius 1 is 1.35 bits per heavy atom. The third-order valence-electron chi connectivity index (χ3n) is 3.46. The van der Waals surface area contributed by atoms with Crippen molar-refractivity contribution in [3.8, 4) is 0 Å². The van der Waals surface area contributed by atoms with Crippen molar-refractivity contribution in [2.75, 3.05) is 6.54 Å². The zero-order valence-corrected chi connectivity index (χ0v) is 14.8. The van der Waals surface area contributed by atoms with Gasteiger partial charge in [0.25, 0.3) is 0 Å². The molecule has 0 amide bonds. The molecule has 1 fully saturated rings. The van der Waals surface area contributed by atoms with E-state index in [0.29, 0.717) is 21.8 Å². The van der Waals surface area contributed by atoms with Gasteiger partial charge in [-0.05, 0) is 43.4 Å². The topological polar surface area (TPSA) is 46.2 Å². The molecular weight excluding hydrogens is 413 g/mol. The summed E-state index contributed by atoms with van der Waals surface area (Å²) in [4.78, 5) is 0.155. The summed E-state index contributed by atoms with van der Waals surface area (Å²) in [5.74, 6) is -0.435. The normalized spacial score (nSPS) is 23.8. The van der Waals surface area contributed by atoms with Gasteiger partial charge in [-0.3, -0.25) is 0 Å². The van der Waals surface area contributed by atoms with Crippen molar-refractivity contribution < 1.29 is 12.8 Å². The number of hydrogen-bond donors (Lipinski definition) is 1. The summed E-state index contributed by atoms with van der Waals surface area (Å²) in [6, 6.07) is 3.95. The Hall–Kier alpha value is 0.0200. The minimum absolute atomic E-state index is 0.299. The van der Waals surface area contributed by atoms with Gasteiger partial charge in [0, 0.05) is 15.8 Å². The molecule has 1 aliphatic rings. The molecule has 1 aromatic carbocycles. The molecule has 2 atom stereocenters. The highest BCUT2D eigenvalue weighted by Crippen LogP contribution is 2.29. The van der Waals surface area contributed by atoms with Crippen LogP contribution in [0.3, 0.4) is 0 Å². The van der Waals surface area contributed by atoms with Crippen LogP contribution < -0.4 is 4.72 Å². The number of halogens is 3. The summed E-state index contributed by atoms with van der Waals surface area (Å²) in [5, 5.41) is 0. The van der Waals surface area contributed by atoms with Crippen molar-refractivity contribution in [2.45, 2.75) is 35.4 Å². The highest BCUT2D eigenvalue weighted by Gasteiger charge is 2.24. The molecule has 7 heteroatoms. The molecule has 0 saturated heterocycles. The predicted molar refractivity (Wildman–Crippen MR) is 84.0 cm³/mol. The highest BCUT2D eigenvalue weighted by molar-refractivity contribution is 9.10. The lowest BCUT2D eigenvalue weighted by Gasteiger charge is -2.25. The smallest absolute Gasteiger partial charge is 0.211 e. The van der Waals surface area contributed by atoms with E-state index in [2.05, 4.69) is 36.6 Å². The van der Waals surface area contributed by atoms with Crippen LogP contribution in [0.25, 0.3) is 0 Å². The quantitative estimate of drug-likeness (QED) is 0.741. The molecule has 1 saturated carbocycles. The van der Waals surface area contributed by atoms with Gasteiger partial charge in [-0.1, -0.05) is 38.3 Å². The molecule has 0 radical (unpaired) electrons. The van der Waals surface area contributed by atoms with E-state index in [9.17, 15) is 12.8 Å². The van der Waals surface area contributed by atoms with Crippen molar-refractivity contribution in [3.05, 3.63) is 28.5 Å². The van der Waals surface area contributed by atoms with E-state index in [1.54, 1.807) is 0 Å². The third kappa shape index (κ3) is 4.26. The van der Waals surface area contributed by atoms with Crippen LogP contribution >= 0.6 is 31.9 Å². The average molecular weight is 429 g/mol. The first-order chi connectivity index (χ1) is 9.38. The molecule has 3 nitrogen and oxygen atoms in total. The van der Waals surface area contributed by atoms with Gasteiger partial charge in [0.05, 0.1) is 0 Å². The summed E-state index contributed by atoms with van der Waals surface area (Å²) in [5.41, 5.74) is 0. The van der Waals surface area contributed by atoms with Gasteiger partial charge < -0.3 is 0 Å². The second kappa shape index (κ2) is 6.85. The first-order valence-corrected chi connectivity index (χ1v) is 9.66. The Kier molecular flexibility index (Phi) is 5.62. The Balaban J connectivity index is 2.03. The van der Waals surface area contributed by atoms with Gasteiger partial charge >= 0.3 is 0 Å². The van der Waals surface area contributed by atoms with E-state index < -0.39 is 15.8 Å². The first-order valence-electron chi connectivity index (χ1n) is 6.47. The fraction of sp³-hybridized carbons (Fsp3) is 0.538. The number of rotatable bonds is 4. The summed E-state index contributed by atoms with van der Waals surface area (Å²) >= 11 is 6.68. The van der Waals surface area contributed by atoms with Crippen molar-refractivity contribution in [1.29, 1.82) is 0 Å². The molecule has 20 heavy (non-hydrogen) atoms. The number of alkyl halides is 1. The number of benzene rings is 1. The first kappa shape index (κ1) is 16.4. The van der Waals surface area contributed by atoms with Crippen molar-refractivity contribution in [2.24, 2.45) is 5.92 Å². The van der Waals surface area contributed by atoms with E-state index in [1.807, 2.05) is 0 Å². The lowest BCUT2D eigenvalue weighted by molar-refractivity contribution is 0.367. The van der Waals surface area contributed by atoms with Crippen molar-refractivity contribution >= 4 is 41.9 Å². The Morgan fingerprint density at radius 3 is 2.75 bits per heavy atom. The van der Waals surface area contributed by atoms with Crippen molar-refractivity contribution in [3.63, 3.8) is 0 Å². The molecule has 0 heterocycles. The van der Waals surface area contributed by atoms with Crippen LogP contribution in [0.2, 0.25) is 0 Å². The maximum Gasteiger partial charge on any atom is 0.243 e. The molecule has 2 rings (SSSR count). The van der Waals surface area contributed by atoms with Crippen LogP contribution in [0.4, 0.5) is 4.39 Å². The van der Waals surface area contributed by atoms with E-state index in [-0.39, 0.29) is 4.90 Å². The Labute approximate surface area is 135 Å². The van der Waals surface area contributed by atoms with Gasteiger partial charge in [0.2, 0.25) is 10.0 Å². The van der Waals surface area contributed by atoms with Crippen molar-refractivity contribution in [1.82, 2.24) is 4.72 Å². The zero-order valence-electron chi connectivity index (χ0n) is 10.8. The molecule has 0 aromatic heterocycles. The van der Waals surface area contributed by atoms with Gasteiger partial charge in [-0.25, -0.2) is 17.5 Å². The van der Waals surface area contributed by atoms with Crippen LogP contribution in [0.1, 0.15) is 25.7 Å². The predicted octanol–water partition coefficient (Wildman–Crippen LogP) is 3.82. The van der Waals surface area contributed by atoms with Crippen LogP contribution in [-0.4, -0.2) is 19.8 Å². The Morgan fingerprint density at radius 2 is 2.10 bits per heavy atom. The fourth-order valence-corrected chi connectivity index (χ4v) is 4.77. The van der Waals surface area contributed by atoms with Crippen LogP contribution in [-0.2, 0) is 10.0 Å². The van der Waals surface area contributed by atoms with Crippen LogP contribution in [0.15, 0.2) is 27.6 Å². The Bertz CT molecular complexity index is 580. The zero-order chi connectivity index (χ0) is 14.8. The summed E-state index contributed by atoms with van der Waals surface area (Å²) in [6.07, 6.45) is 4.18. The van der Waals surface area contributed by atoms with Gasteiger partial charge in [0.1, 0.15) is 10.7 Å². The molecule has 0 aliphatic heterocycles. The summed E-state index contributed by atoms with van der Waals surface area (Å²) in [6.45, 7) is 0.361. The standard InChI is InChI=1S/C13H16Br2FNO2S/c14-10-3-1-2-9(6-10)8-17-20(18,19)13-5-4-11(15)7-12(13)16/h4-5,7,9-10,17H,1-3,6,8H2. The van der Waals surface area contributed by atoms with E-state index in [4.69, 9.17) is 0 Å². The van der Waals surface area contributed by atoms with E-state index in [0.717, 1.165) is 31.7 Å². The lowest BCUT2D eigenvalue weighted by Crippen LogP contribution is -2.32. The van der Waals surface area contributed by atoms with Crippen LogP contribution in [0, 0.1) is 11.7 Å². The maximum absolute atomic E-state index is 13.7.